The van der Waals surface area contributed by atoms with Crippen molar-refractivity contribution < 1.29 is 19.4 Å². The number of benzene rings is 1. The zero-order chi connectivity index (χ0) is 15.4. The molecule has 1 aliphatic rings. The second-order valence-electron chi connectivity index (χ2n) is 5.15. The van der Waals surface area contributed by atoms with Crippen molar-refractivity contribution in [2.24, 2.45) is 5.92 Å². The van der Waals surface area contributed by atoms with E-state index in [2.05, 4.69) is 0 Å². The van der Waals surface area contributed by atoms with Gasteiger partial charge in [0.05, 0.1) is 6.61 Å². The maximum absolute atomic E-state index is 12.4. The first-order valence-electron chi connectivity index (χ1n) is 6.78. The lowest BCUT2D eigenvalue weighted by Gasteiger charge is -2.20. The summed E-state index contributed by atoms with van der Waals surface area (Å²) >= 11 is 5.95. The van der Waals surface area contributed by atoms with Crippen molar-refractivity contribution in [1.29, 1.82) is 0 Å². The van der Waals surface area contributed by atoms with Gasteiger partial charge < -0.3 is 14.7 Å². The van der Waals surface area contributed by atoms with Crippen LogP contribution in [0.5, 0.6) is 0 Å². The SMILES string of the molecule is COCCN(CC(=O)O)C(=O)C1CC1c1cccc(Cl)c1. The average molecular weight is 312 g/mol. The van der Waals surface area contributed by atoms with E-state index in [1.165, 1.54) is 12.0 Å². The summed E-state index contributed by atoms with van der Waals surface area (Å²) in [6, 6.07) is 7.45. The van der Waals surface area contributed by atoms with Crippen molar-refractivity contribution in [1.82, 2.24) is 4.90 Å². The highest BCUT2D eigenvalue weighted by atomic mass is 35.5. The van der Waals surface area contributed by atoms with E-state index >= 15 is 0 Å². The quantitative estimate of drug-likeness (QED) is 0.836. The first-order valence-corrected chi connectivity index (χ1v) is 7.15. The molecule has 0 saturated heterocycles. The van der Waals surface area contributed by atoms with Gasteiger partial charge in [0, 0.05) is 24.6 Å². The van der Waals surface area contributed by atoms with Crippen molar-refractivity contribution in [2.45, 2.75) is 12.3 Å². The second kappa shape index (κ2) is 6.91. The summed E-state index contributed by atoms with van der Waals surface area (Å²) in [6.45, 7) is 0.328. The molecule has 0 aromatic heterocycles. The average Bonchev–Trinajstić information content (AvgIpc) is 3.22. The Morgan fingerprint density at radius 3 is 2.86 bits per heavy atom. The highest BCUT2D eigenvalue weighted by molar-refractivity contribution is 6.30. The number of amides is 1. The molecule has 2 unspecified atom stereocenters. The van der Waals surface area contributed by atoms with Crippen LogP contribution < -0.4 is 0 Å². The third-order valence-corrected chi connectivity index (χ3v) is 3.82. The lowest BCUT2D eigenvalue weighted by atomic mass is 10.1. The number of aliphatic carboxylic acids is 1. The van der Waals surface area contributed by atoms with Crippen LogP contribution in [-0.2, 0) is 14.3 Å². The van der Waals surface area contributed by atoms with Gasteiger partial charge in [-0.1, -0.05) is 23.7 Å². The summed E-state index contributed by atoms with van der Waals surface area (Å²) < 4.78 is 4.93. The van der Waals surface area contributed by atoms with E-state index in [-0.39, 0.29) is 24.3 Å². The number of carboxylic acid groups (broad SMARTS) is 1. The molecule has 2 atom stereocenters. The molecule has 1 fully saturated rings. The van der Waals surface area contributed by atoms with Gasteiger partial charge in [-0.3, -0.25) is 9.59 Å². The Kier molecular flexibility index (Phi) is 5.20. The molecule has 21 heavy (non-hydrogen) atoms. The minimum Gasteiger partial charge on any atom is -0.480 e. The summed E-state index contributed by atoms with van der Waals surface area (Å²) in [6.07, 6.45) is 0.738. The predicted molar refractivity (Wildman–Crippen MR) is 78.4 cm³/mol. The monoisotopic (exact) mass is 311 g/mol. The smallest absolute Gasteiger partial charge is 0.323 e. The number of carbonyl (C=O) groups is 2. The number of rotatable bonds is 7. The summed E-state index contributed by atoms with van der Waals surface area (Å²) in [7, 11) is 1.52. The molecule has 5 nitrogen and oxygen atoms in total. The second-order valence-corrected chi connectivity index (χ2v) is 5.59. The van der Waals surface area contributed by atoms with E-state index < -0.39 is 5.97 Å². The Balaban J connectivity index is 2.00. The highest BCUT2D eigenvalue weighted by Crippen LogP contribution is 2.48. The Morgan fingerprint density at radius 2 is 2.24 bits per heavy atom. The summed E-state index contributed by atoms with van der Waals surface area (Å²) in [5.41, 5.74) is 1.03. The topological polar surface area (TPSA) is 66.8 Å². The predicted octanol–water partition coefficient (Wildman–Crippen LogP) is 2.00. The maximum Gasteiger partial charge on any atom is 0.323 e. The number of methoxy groups -OCH3 is 1. The molecule has 1 N–H and O–H groups in total. The fourth-order valence-corrected chi connectivity index (χ4v) is 2.64. The Hall–Kier alpha value is -1.59. The van der Waals surface area contributed by atoms with E-state index in [1.807, 2.05) is 18.2 Å². The molecule has 1 saturated carbocycles. The minimum absolute atomic E-state index is 0.126. The molecule has 1 aromatic rings. The van der Waals surface area contributed by atoms with Gasteiger partial charge in [-0.05, 0) is 30.0 Å². The van der Waals surface area contributed by atoms with E-state index in [0.717, 1.165) is 12.0 Å². The van der Waals surface area contributed by atoms with Crippen LogP contribution in [0.4, 0.5) is 0 Å². The molecule has 0 heterocycles. The van der Waals surface area contributed by atoms with Gasteiger partial charge in [0.25, 0.3) is 0 Å². The normalized spacial score (nSPS) is 20.1. The molecule has 0 spiro atoms. The molecular weight excluding hydrogens is 294 g/mol. The van der Waals surface area contributed by atoms with Crippen LogP contribution >= 0.6 is 11.6 Å². The molecule has 6 heteroatoms. The molecular formula is C15H18ClNO4. The Labute approximate surface area is 128 Å². The first kappa shape index (κ1) is 15.8. The van der Waals surface area contributed by atoms with Gasteiger partial charge in [-0.25, -0.2) is 0 Å². The number of hydrogen-bond acceptors (Lipinski definition) is 3. The van der Waals surface area contributed by atoms with E-state index in [4.69, 9.17) is 21.4 Å². The van der Waals surface area contributed by atoms with E-state index in [1.54, 1.807) is 6.07 Å². The van der Waals surface area contributed by atoms with Crippen LogP contribution in [0.2, 0.25) is 5.02 Å². The lowest BCUT2D eigenvalue weighted by Crippen LogP contribution is -2.39. The lowest BCUT2D eigenvalue weighted by molar-refractivity contribution is -0.145. The number of ether oxygens (including phenoxy) is 1. The largest absolute Gasteiger partial charge is 0.480 e. The van der Waals surface area contributed by atoms with Gasteiger partial charge in [0.15, 0.2) is 0 Å². The van der Waals surface area contributed by atoms with Crippen LogP contribution in [0.25, 0.3) is 0 Å². The molecule has 2 rings (SSSR count). The van der Waals surface area contributed by atoms with Crippen molar-refractivity contribution in [3.8, 4) is 0 Å². The maximum atomic E-state index is 12.4. The first-order chi connectivity index (χ1) is 10.0. The number of carboxylic acids is 1. The molecule has 0 radical (unpaired) electrons. The van der Waals surface area contributed by atoms with Crippen molar-refractivity contribution in [3.05, 3.63) is 34.9 Å². The molecule has 0 aliphatic heterocycles. The van der Waals surface area contributed by atoms with Gasteiger partial charge in [-0.15, -0.1) is 0 Å². The van der Waals surface area contributed by atoms with E-state index in [0.29, 0.717) is 18.2 Å². The zero-order valence-corrected chi connectivity index (χ0v) is 12.5. The van der Waals surface area contributed by atoms with Crippen molar-refractivity contribution >= 4 is 23.5 Å². The number of hydrogen-bond donors (Lipinski definition) is 1. The highest BCUT2D eigenvalue weighted by Gasteiger charge is 2.45. The van der Waals surface area contributed by atoms with Crippen LogP contribution in [0, 0.1) is 5.92 Å². The fraction of sp³-hybridized carbons (Fsp3) is 0.467. The van der Waals surface area contributed by atoms with E-state index in [9.17, 15) is 9.59 Å². The Morgan fingerprint density at radius 1 is 1.48 bits per heavy atom. The van der Waals surface area contributed by atoms with Crippen LogP contribution in [0.1, 0.15) is 17.9 Å². The molecule has 1 amide bonds. The van der Waals surface area contributed by atoms with Crippen LogP contribution in [0.3, 0.4) is 0 Å². The molecule has 0 bridgehead atoms. The van der Waals surface area contributed by atoms with Crippen LogP contribution in [-0.4, -0.2) is 48.7 Å². The molecule has 1 aromatic carbocycles. The van der Waals surface area contributed by atoms with Crippen molar-refractivity contribution in [3.63, 3.8) is 0 Å². The number of halogens is 1. The number of carbonyl (C=O) groups excluding carboxylic acids is 1. The third kappa shape index (κ3) is 4.19. The molecule has 114 valence electrons. The van der Waals surface area contributed by atoms with Gasteiger partial charge in [0.1, 0.15) is 6.54 Å². The summed E-state index contributed by atoms with van der Waals surface area (Å²) in [4.78, 5) is 24.6. The standard InChI is InChI=1S/C15H18ClNO4/c1-21-6-5-17(9-14(18)19)15(20)13-8-12(13)10-3-2-4-11(16)7-10/h2-4,7,12-13H,5-6,8-9H2,1H3,(H,18,19). The van der Waals surface area contributed by atoms with Crippen molar-refractivity contribution in [2.75, 3.05) is 26.8 Å². The van der Waals surface area contributed by atoms with Gasteiger partial charge in [0.2, 0.25) is 5.91 Å². The Bertz CT molecular complexity index is 534. The zero-order valence-electron chi connectivity index (χ0n) is 11.8. The third-order valence-electron chi connectivity index (χ3n) is 3.59. The van der Waals surface area contributed by atoms with Gasteiger partial charge in [-0.2, -0.15) is 0 Å². The minimum atomic E-state index is -1.01. The molecule has 1 aliphatic carbocycles. The van der Waals surface area contributed by atoms with Gasteiger partial charge >= 0.3 is 5.97 Å². The summed E-state index contributed by atoms with van der Waals surface area (Å²) in [5.74, 6) is -1.16. The number of nitrogens with zero attached hydrogens (tertiary/aromatic N) is 1. The fourth-order valence-electron chi connectivity index (χ4n) is 2.44. The summed E-state index contributed by atoms with van der Waals surface area (Å²) in [5, 5.41) is 9.55. The van der Waals surface area contributed by atoms with Crippen LogP contribution in [0.15, 0.2) is 24.3 Å².